The quantitative estimate of drug-likeness (QED) is 0.590. The molecule has 0 aromatic heterocycles. The Labute approximate surface area is 101 Å². The van der Waals surface area contributed by atoms with E-state index in [4.69, 9.17) is 9.47 Å². The summed E-state index contributed by atoms with van der Waals surface area (Å²) in [6.07, 6.45) is 0. The number of carbonyl (C=O) groups excluding carboxylic acids is 2. The minimum absolute atomic E-state index is 0.255. The summed E-state index contributed by atoms with van der Waals surface area (Å²) in [5, 5.41) is 0. The summed E-state index contributed by atoms with van der Waals surface area (Å²) in [5.41, 5.74) is -0.668. The Morgan fingerprint density at radius 1 is 1.12 bits per heavy atom. The first-order valence-electron chi connectivity index (χ1n) is 5.20. The normalized spacial score (nSPS) is 13.6. The van der Waals surface area contributed by atoms with Crippen LogP contribution in [0.2, 0.25) is 0 Å². The predicted octanol–water partition coefficient (Wildman–Crippen LogP) is 1.71. The van der Waals surface area contributed by atoms with Gasteiger partial charge in [-0.25, -0.2) is 0 Å². The molecule has 0 radical (unpaired) electrons. The molecule has 1 aromatic carbocycles. The van der Waals surface area contributed by atoms with E-state index in [1.165, 1.54) is 14.0 Å². The maximum absolute atomic E-state index is 11.8. The Balaban J connectivity index is 3.23. The number of Topliss-reactive ketones (excluding diaryl/α,β-unsaturated/α-hetero) is 1. The molecule has 0 bridgehead atoms. The molecule has 1 atom stereocenters. The molecule has 0 heterocycles. The van der Waals surface area contributed by atoms with Gasteiger partial charge in [0.1, 0.15) is 11.2 Å². The average Bonchev–Trinajstić information content (AvgIpc) is 2.36. The molecule has 0 aliphatic heterocycles. The molecule has 0 spiro atoms. The monoisotopic (exact) mass is 236 g/mol. The van der Waals surface area contributed by atoms with Crippen molar-refractivity contribution in [1.29, 1.82) is 0 Å². The van der Waals surface area contributed by atoms with E-state index < -0.39 is 11.4 Å². The van der Waals surface area contributed by atoms with Crippen molar-refractivity contribution in [1.82, 2.24) is 0 Å². The van der Waals surface area contributed by atoms with Crippen LogP contribution in [-0.4, -0.2) is 26.0 Å². The van der Waals surface area contributed by atoms with Gasteiger partial charge >= 0.3 is 5.97 Å². The lowest BCUT2D eigenvalue weighted by Crippen LogP contribution is -2.40. The lowest BCUT2D eigenvalue weighted by molar-refractivity contribution is -0.150. The van der Waals surface area contributed by atoms with Gasteiger partial charge in [-0.1, -0.05) is 12.1 Å². The molecule has 0 amide bonds. The molecule has 0 saturated carbocycles. The molecule has 1 rings (SSSR count). The number of hydrogen-bond donors (Lipinski definition) is 0. The van der Waals surface area contributed by atoms with Crippen LogP contribution in [0.25, 0.3) is 0 Å². The number of ketones is 1. The molecule has 0 aliphatic rings. The van der Waals surface area contributed by atoms with Gasteiger partial charge in [0.15, 0.2) is 5.78 Å². The van der Waals surface area contributed by atoms with Gasteiger partial charge in [0.2, 0.25) is 0 Å². The van der Waals surface area contributed by atoms with Crippen LogP contribution in [0.5, 0.6) is 5.75 Å². The van der Waals surface area contributed by atoms with E-state index in [0.29, 0.717) is 11.3 Å². The molecule has 1 aromatic rings. The van der Waals surface area contributed by atoms with Gasteiger partial charge in [0.05, 0.1) is 14.2 Å². The van der Waals surface area contributed by atoms with Gasteiger partial charge in [-0.05, 0) is 31.5 Å². The van der Waals surface area contributed by atoms with Gasteiger partial charge in [-0.3, -0.25) is 9.59 Å². The summed E-state index contributed by atoms with van der Waals surface area (Å²) in [4.78, 5) is 23.4. The Hall–Kier alpha value is -1.84. The Kier molecular flexibility index (Phi) is 3.89. The van der Waals surface area contributed by atoms with Crippen molar-refractivity contribution < 1.29 is 19.1 Å². The summed E-state index contributed by atoms with van der Waals surface area (Å²) in [7, 11) is 2.83. The highest BCUT2D eigenvalue weighted by atomic mass is 16.5. The Morgan fingerprint density at radius 3 is 2.00 bits per heavy atom. The minimum atomic E-state index is -1.26. The van der Waals surface area contributed by atoms with E-state index in [9.17, 15) is 9.59 Å². The van der Waals surface area contributed by atoms with Crippen LogP contribution < -0.4 is 4.74 Å². The average molecular weight is 236 g/mol. The van der Waals surface area contributed by atoms with Gasteiger partial charge in [-0.15, -0.1) is 0 Å². The fraction of sp³-hybridized carbons (Fsp3) is 0.385. The van der Waals surface area contributed by atoms with Crippen molar-refractivity contribution in [3.05, 3.63) is 29.8 Å². The molecule has 0 aliphatic carbocycles. The van der Waals surface area contributed by atoms with Crippen LogP contribution in [0.15, 0.2) is 24.3 Å². The number of benzene rings is 1. The predicted molar refractivity (Wildman–Crippen MR) is 63.0 cm³/mol. The lowest BCUT2D eigenvalue weighted by atomic mass is 9.79. The zero-order valence-corrected chi connectivity index (χ0v) is 10.4. The van der Waals surface area contributed by atoms with Gasteiger partial charge in [0.25, 0.3) is 0 Å². The summed E-state index contributed by atoms with van der Waals surface area (Å²) >= 11 is 0. The van der Waals surface area contributed by atoms with Crippen molar-refractivity contribution in [3.8, 4) is 5.75 Å². The van der Waals surface area contributed by atoms with Crippen molar-refractivity contribution in [2.75, 3.05) is 14.2 Å². The van der Waals surface area contributed by atoms with E-state index in [-0.39, 0.29) is 5.78 Å². The molecule has 92 valence electrons. The van der Waals surface area contributed by atoms with Gasteiger partial charge in [-0.2, -0.15) is 0 Å². The maximum Gasteiger partial charge on any atom is 0.323 e. The zero-order valence-electron chi connectivity index (χ0n) is 10.4. The number of ether oxygens (including phenoxy) is 2. The zero-order chi connectivity index (χ0) is 13.1. The molecule has 4 nitrogen and oxygen atoms in total. The highest BCUT2D eigenvalue weighted by Crippen LogP contribution is 2.28. The van der Waals surface area contributed by atoms with Crippen molar-refractivity contribution in [2.45, 2.75) is 19.3 Å². The Morgan fingerprint density at radius 2 is 1.65 bits per heavy atom. The molecule has 1 unspecified atom stereocenters. The van der Waals surface area contributed by atoms with Crippen LogP contribution in [0, 0.1) is 0 Å². The number of rotatable bonds is 4. The third-order valence-electron chi connectivity index (χ3n) is 2.97. The lowest BCUT2D eigenvalue weighted by Gasteiger charge is -2.24. The van der Waals surface area contributed by atoms with E-state index in [1.54, 1.807) is 38.3 Å². The fourth-order valence-corrected chi connectivity index (χ4v) is 1.59. The molecule has 0 fully saturated rings. The largest absolute Gasteiger partial charge is 0.497 e. The van der Waals surface area contributed by atoms with E-state index >= 15 is 0 Å². The third-order valence-corrected chi connectivity index (χ3v) is 2.97. The smallest absolute Gasteiger partial charge is 0.323 e. The van der Waals surface area contributed by atoms with E-state index in [2.05, 4.69) is 0 Å². The third kappa shape index (κ3) is 2.30. The van der Waals surface area contributed by atoms with E-state index in [0.717, 1.165) is 0 Å². The van der Waals surface area contributed by atoms with Crippen LogP contribution in [0.4, 0.5) is 0 Å². The van der Waals surface area contributed by atoms with E-state index in [1.807, 2.05) is 0 Å². The van der Waals surface area contributed by atoms with Crippen LogP contribution in [0.3, 0.4) is 0 Å². The standard InChI is InChI=1S/C13H16O4/c1-9(14)13(2,12(15)17-4)10-5-7-11(16-3)8-6-10/h5-8H,1-4H3. The first-order valence-corrected chi connectivity index (χ1v) is 5.20. The second-order valence-electron chi connectivity index (χ2n) is 3.90. The van der Waals surface area contributed by atoms with Crippen molar-refractivity contribution >= 4 is 11.8 Å². The number of esters is 1. The summed E-state index contributed by atoms with van der Waals surface area (Å²) in [6.45, 7) is 2.93. The molecule has 4 heteroatoms. The van der Waals surface area contributed by atoms with Gasteiger partial charge in [0, 0.05) is 0 Å². The molecular formula is C13H16O4. The number of carbonyl (C=O) groups is 2. The first-order chi connectivity index (χ1) is 7.96. The minimum Gasteiger partial charge on any atom is -0.497 e. The summed E-state index contributed by atoms with van der Waals surface area (Å²) < 4.78 is 9.72. The molecule has 17 heavy (non-hydrogen) atoms. The second kappa shape index (κ2) is 4.99. The van der Waals surface area contributed by atoms with Gasteiger partial charge < -0.3 is 9.47 Å². The van der Waals surface area contributed by atoms with Crippen LogP contribution in [-0.2, 0) is 19.7 Å². The maximum atomic E-state index is 11.8. The number of methoxy groups -OCH3 is 2. The fourth-order valence-electron chi connectivity index (χ4n) is 1.59. The molecular weight excluding hydrogens is 220 g/mol. The summed E-state index contributed by atoms with van der Waals surface area (Å²) in [5.74, 6) is -0.144. The second-order valence-corrected chi connectivity index (χ2v) is 3.90. The summed E-state index contributed by atoms with van der Waals surface area (Å²) in [6, 6.07) is 6.80. The number of hydrogen-bond acceptors (Lipinski definition) is 4. The van der Waals surface area contributed by atoms with Crippen molar-refractivity contribution in [3.63, 3.8) is 0 Å². The molecule has 0 saturated heterocycles. The van der Waals surface area contributed by atoms with Crippen LogP contribution in [0.1, 0.15) is 19.4 Å². The highest BCUT2D eigenvalue weighted by molar-refractivity contribution is 6.08. The van der Waals surface area contributed by atoms with Crippen molar-refractivity contribution in [2.24, 2.45) is 0 Å². The highest BCUT2D eigenvalue weighted by Gasteiger charge is 2.41. The first kappa shape index (κ1) is 13.2. The topological polar surface area (TPSA) is 52.6 Å². The SMILES string of the molecule is COC(=O)C(C)(C(C)=O)c1ccc(OC)cc1. The van der Waals surface area contributed by atoms with Crippen LogP contribution >= 0.6 is 0 Å². The molecule has 0 N–H and O–H groups in total. The Bertz CT molecular complexity index is 422.